The summed E-state index contributed by atoms with van der Waals surface area (Å²) in [6.07, 6.45) is 55.6. The van der Waals surface area contributed by atoms with Crippen molar-refractivity contribution < 1.29 is 37.3 Å². The number of phosphoric acid groups is 1. The number of allylic oxidation sites excluding steroid dienone is 9. The van der Waals surface area contributed by atoms with E-state index in [1.54, 1.807) is 0 Å². The Balaban J connectivity index is 4.21. The van der Waals surface area contributed by atoms with Gasteiger partial charge in [-0.1, -0.05) is 209 Å². The summed E-state index contributed by atoms with van der Waals surface area (Å²) in [6, 6.07) is 0. The van der Waals surface area contributed by atoms with Gasteiger partial charge in [-0.05, 0) is 44.9 Å². The van der Waals surface area contributed by atoms with Crippen LogP contribution in [-0.4, -0.2) is 70.7 Å². The average molecular weight is 864 g/mol. The molecule has 350 valence electrons. The van der Waals surface area contributed by atoms with E-state index in [1.165, 1.54) is 122 Å². The molecule has 0 saturated carbocycles. The van der Waals surface area contributed by atoms with Gasteiger partial charge in [0.1, 0.15) is 19.3 Å². The first kappa shape index (κ1) is 58.2. The molecule has 60 heavy (non-hydrogen) atoms. The van der Waals surface area contributed by atoms with Crippen LogP contribution in [0.3, 0.4) is 0 Å². The number of likely N-dealkylation sites (N-methyl/N-ethyl adjacent to an activating group) is 1. The number of carbonyl (C=O) groups excluding carboxylic acids is 1. The number of hydrogen-bond donors (Lipinski definition) is 0. The van der Waals surface area contributed by atoms with E-state index < -0.39 is 13.9 Å². The zero-order chi connectivity index (χ0) is 44.1. The van der Waals surface area contributed by atoms with E-state index in [2.05, 4.69) is 74.6 Å². The molecule has 0 aromatic rings. The Morgan fingerprint density at radius 1 is 0.533 bits per heavy atom. The molecule has 0 amide bonds. The highest BCUT2D eigenvalue weighted by Gasteiger charge is 2.20. The number of hydrogen-bond acceptors (Lipinski definition) is 7. The third kappa shape index (κ3) is 47.3. The minimum atomic E-state index is -4.55. The monoisotopic (exact) mass is 864 g/mol. The van der Waals surface area contributed by atoms with Crippen LogP contribution in [0.15, 0.2) is 60.8 Å². The van der Waals surface area contributed by atoms with Gasteiger partial charge in [0.25, 0.3) is 7.82 Å². The molecule has 2 unspecified atom stereocenters. The topological polar surface area (TPSA) is 94.1 Å². The fourth-order valence-corrected chi connectivity index (χ4v) is 7.34. The van der Waals surface area contributed by atoms with Crippen molar-refractivity contribution in [1.82, 2.24) is 0 Å². The minimum absolute atomic E-state index is 0.0119. The second-order valence-electron chi connectivity index (χ2n) is 17.4. The lowest BCUT2D eigenvalue weighted by Crippen LogP contribution is -2.37. The maximum absolute atomic E-state index is 12.7. The molecule has 0 radical (unpaired) electrons. The molecule has 0 fully saturated rings. The smallest absolute Gasteiger partial charge is 0.306 e. The fraction of sp³-hybridized carbons (Fsp3) is 0.784. The Kier molecular flexibility index (Phi) is 42.5. The van der Waals surface area contributed by atoms with Gasteiger partial charge in [-0.3, -0.25) is 9.36 Å². The van der Waals surface area contributed by atoms with Crippen LogP contribution < -0.4 is 4.89 Å². The van der Waals surface area contributed by atoms with Gasteiger partial charge in [0.15, 0.2) is 0 Å². The summed E-state index contributed by atoms with van der Waals surface area (Å²) in [6.45, 7) is 5.09. The van der Waals surface area contributed by atoms with Crippen LogP contribution in [-0.2, 0) is 27.9 Å². The molecule has 0 aromatic heterocycles. The van der Waals surface area contributed by atoms with Gasteiger partial charge in [-0.2, -0.15) is 0 Å². The molecule has 0 rings (SSSR count). The number of ether oxygens (including phenoxy) is 2. The van der Waals surface area contributed by atoms with Crippen molar-refractivity contribution in [3.63, 3.8) is 0 Å². The quantitative estimate of drug-likeness (QED) is 0.0198. The summed E-state index contributed by atoms with van der Waals surface area (Å²) in [5, 5.41) is 0. The second kappa shape index (κ2) is 43.8. The van der Waals surface area contributed by atoms with Crippen molar-refractivity contribution in [2.45, 2.75) is 206 Å². The van der Waals surface area contributed by atoms with Crippen molar-refractivity contribution in [3.05, 3.63) is 60.8 Å². The van der Waals surface area contributed by atoms with Crippen LogP contribution in [0.5, 0.6) is 0 Å². The van der Waals surface area contributed by atoms with E-state index in [0.29, 0.717) is 30.5 Å². The van der Waals surface area contributed by atoms with E-state index in [9.17, 15) is 14.3 Å². The Morgan fingerprint density at radius 3 is 1.35 bits per heavy atom. The minimum Gasteiger partial charge on any atom is -0.756 e. The molecule has 0 saturated heterocycles. The largest absolute Gasteiger partial charge is 0.756 e. The molecule has 0 aromatic carbocycles. The molecule has 9 heteroatoms. The summed E-state index contributed by atoms with van der Waals surface area (Å²) < 4.78 is 34.5. The van der Waals surface area contributed by atoms with Crippen molar-refractivity contribution >= 4 is 13.8 Å². The molecular weight excluding hydrogens is 770 g/mol. The maximum atomic E-state index is 12.7. The standard InChI is InChI=1S/C51H94NO7P/c1-6-8-10-12-14-16-18-20-22-24-25-26-27-28-29-30-32-34-36-38-40-42-44-51(53)59-50(49-58-60(54,55)57-47-45-52(3,4)5)48-56-46-43-41-39-37-35-33-31-23-21-19-17-15-13-11-9-7-2/h9,11,15,17,21,23,33,35,39,41,50H,6-8,10,12-14,16,18-20,22,24-32,34,36-38,40,42-49H2,1-5H3/b11-9-,17-15-,23-21-,35-33-,41-39-. The van der Waals surface area contributed by atoms with Crippen LogP contribution in [0.1, 0.15) is 200 Å². The molecule has 0 aliphatic rings. The van der Waals surface area contributed by atoms with E-state index in [4.69, 9.17) is 18.5 Å². The first-order chi connectivity index (χ1) is 29.1. The van der Waals surface area contributed by atoms with Gasteiger partial charge in [0.2, 0.25) is 0 Å². The van der Waals surface area contributed by atoms with Crippen LogP contribution in [0.2, 0.25) is 0 Å². The number of carbonyl (C=O) groups is 1. The van der Waals surface area contributed by atoms with E-state index in [0.717, 1.165) is 51.4 Å². The zero-order valence-corrected chi connectivity index (χ0v) is 40.5. The first-order valence-electron chi connectivity index (χ1n) is 24.5. The van der Waals surface area contributed by atoms with Crippen LogP contribution >= 0.6 is 7.82 Å². The first-order valence-corrected chi connectivity index (χ1v) is 26.0. The predicted molar refractivity (Wildman–Crippen MR) is 254 cm³/mol. The molecule has 0 aliphatic heterocycles. The SMILES string of the molecule is CC/C=C\C/C=C\C/C=C\C/C=C\C/C=C\CCOCC(COP(=O)([O-])OCC[N+](C)(C)C)OC(=O)CCCCCCCCCCCCCCCCCCCCCCCC. The third-order valence-corrected chi connectivity index (χ3v) is 11.3. The lowest BCUT2D eigenvalue weighted by Gasteiger charge is -2.28. The van der Waals surface area contributed by atoms with Gasteiger partial charge in [0, 0.05) is 6.42 Å². The maximum Gasteiger partial charge on any atom is 0.306 e. The Bertz CT molecular complexity index is 1140. The molecule has 8 nitrogen and oxygen atoms in total. The summed E-state index contributed by atoms with van der Waals surface area (Å²) in [5.74, 6) is -0.357. The van der Waals surface area contributed by atoms with Crippen LogP contribution in [0.25, 0.3) is 0 Å². The number of esters is 1. The summed E-state index contributed by atoms with van der Waals surface area (Å²) >= 11 is 0. The molecule has 0 N–H and O–H groups in total. The van der Waals surface area contributed by atoms with Crippen molar-refractivity contribution in [2.24, 2.45) is 0 Å². The normalized spacial score (nSPS) is 14.2. The van der Waals surface area contributed by atoms with Gasteiger partial charge >= 0.3 is 5.97 Å². The molecule has 0 heterocycles. The van der Waals surface area contributed by atoms with E-state index in [1.807, 2.05) is 21.1 Å². The third-order valence-electron chi connectivity index (χ3n) is 10.4. The zero-order valence-electron chi connectivity index (χ0n) is 39.6. The average Bonchev–Trinajstić information content (AvgIpc) is 3.20. The molecular formula is C51H94NO7P. The fourth-order valence-electron chi connectivity index (χ4n) is 6.61. The summed E-state index contributed by atoms with van der Waals surface area (Å²) in [5.41, 5.74) is 0. The second-order valence-corrected chi connectivity index (χ2v) is 18.9. The number of phosphoric ester groups is 1. The van der Waals surface area contributed by atoms with Crippen molar-refractivity contribution in [3.8, 4) is 0 Å². The number of quaternary nitrogens is 1. The van der Waals surface area contributed by atoms with E-state index in [-0.39, 0.29) is 25.8 Å². The van der Waals surface area contributed by atoms with Gasteiger partial charge in [-0.25, -0.2) is 0 Å². The highest BCUT2D eigenvalue weighted by Crippen LogP contribution is 2.38. The van der Waals surface area contributed by atoms with E-state index >= 15 is 0 Å². The molecule has 0 bridgehead atoms. The van der Waals surface area contributed by atoms with Crippen LogP contribution in [0.4, 0.5) is 0 Å². The Labute approximate surface area is 370 Å². The lowest BCUT2D eigenvalue weighted by molar-refractivity contribution is -0.870. The summed E-state index contributed by atoms with van der Waals surface area (Å²) in [4.78, 5) is 25.1. The lowest BCUT2D eigenvalue weighted by atomic mass is 10.0. The number of rotatable bonds is 45. The van der Waals surface area contributed by atoms with Crippen molar-refractivity contribution in [2.75, 3.05) is 54.1 Å². The highest BCUT2D eigenvalue weighted by atomic mass is 31.2. The number of nitrogens with zero attached hydrogens (tertiary/aromatic N) is 1. The molecule has 0 spiro atoms. The van der Waals surface area contributed by atoms with Crippen LogP contribution in [0, 0.1) is 0 Å². The van der Waals surface area contributed by atoms with Gasteiger partial charge in [0.05, 0.1) is 41.0 Å². The molecule has 2 atom stereocenters. The van der Waals surface area contributed by atoms with Gasteiger partial charge < -0.3 is 27.9 Å². The predicted octanol–water partition coefficient (Wildman–Crippen LogP) is 14.3. The summed E-state index contributed by atoms with van der Waals surface area (Å²) in [7, 11) is 1.31. The Hall–Kier alpha value is -1.80. The molecule has 0 aliphatic carbocycles. The van der Waals surface area contributed by atoms with Gasteiger partial charge in [-0.15, -0.1) is 0 Å². The number of unbranched alkanes of at least 4 members (excludes halogenated alkanes) is 21. The van der Waals surface area contributed by atoms with Crippen molar-refractivity contribution in [1.29, 1.82) is 0 Å². The Morgan fingerprint density at radius 2 is 0.933 bits per heavy atom. The highest BCUT2D eigenvalue weighted by molar-refractivity contribution is 7.45.